The summed E-state index contributed by atoms with van der Waals surface area (Å²) in [6, 6.07) is 4.46. The zero-order chi connectivity index (χ0) is 15.4. The molecule has 1 aromatic rings. The lowest BCUT2D eigenvalue weighted by Crippen LogP contribution is -2.46. The molecule has 7 nitrogen and oxygen atoms in total. The molecule has 2 amide bonds. The largest absolute Gasteiger partial charge is 0.454 e. The lowest BCUT2D eigenvalue weighted by molar-refractivity contribution is -0.125. The van der Waals surface area contributed by atoms with Crippen LogP contribution < -0.4 is 25.8 Å². The van der Waals surface area contributed by atoms with E-state index in [2.05, 4.69) is 10.6 Å². The fourth-order valence-electron chi connectivity index (χ4n) is 1.77. The molecule has 0 spiro atoms. The van der Waals surface area contributed by atoms with Gasteiger partial charge < -0.3 is 25.8 Å². The van der Waals surface area contributed by atoms with Crippen molar-refractivity contribution in [2.45, 2.75) is 19.9 Å². The molecule has 1 aromatic carbocycles. The van der Waals surface area contributed by atoms with Gasteiger partial charge >= 0.3 is 0 Å². The maximum absolute atomic E-state index is 11.8. The maximum Gasteiger partial charge on any atom is 0.243 e. The van der Waals surface area contributed by atoms with Crippen LogP contribution in [0.2, 0.25) is 0 Å². The summed E-state index contributed by atoms with van der Waals surface area (Å²) in [5.74, 6) is 0.564. The highest BCUT2D eigenvalue weighted by atomic mass is 16.7. The van der Waals surface area contributed by atoms with Gasteiger partial charge in [0, 0.05) is 11.8 Å². The lowest BCUT2D eigenvalue weighted by atomic mass is 10.1. The quantitative estimate of drug-likeness (QED) is 0.731. The van der Waals surface area contributed by atoms with E-state index < -0.39 is 6.04 Å². The average Bonchev–Trinajstić information content (AvgIpc) is 2.91. The van der Waals surface area contributed by atoms with E-state index >= 15 is 0 Å². The first kappa shape index (κ1) is 15.1. The first-order chi connectivity index (χ1) is 9.97. The molecule has 1 aliphatic rings. The summed E-state index contributed by atoms with van der Waals surface area (Å²) in [7, 11) is 0. The van der Waals surface area contributed by atoms with Gasteiger partial charge in [0.2, 0.25) is 18.6 Å². The van der Waals surface area contributed by atoms with Crippen molar-refractivity contribution in [2.75, 3.05) is 18.7 Å². The van der Waals surface area contributed by atoms with Crippen LogP contribution in [0.5, 0.6) is 11.5 Å². The number of hydrogen-bond donors (Lipinski definition) is 3. The second kappa shape index (κ2) is 6.45. The number of nitrogens with two attached hydrogens (primary N) is 1. The zero-order valence-corrected chi connectivity index (χ0v) is 12.0. The number of nitrogens with one attached hydrogen (secondary N) is 2. The van der Waals surface area contributed by atoms with Gasteiger partial charge in [-0.1, -0.05) is 13.8 Å². The molecule has 7 heteroatoms. The Morgan fingerprint density at radius 2 is 2.00 bits per heavy atom. The minimum atomic E-state index is -0.622. The van der Waals surface area contributed by atoms with Crippen molar-refractivity contribution in [3.8, 4) is 11.5 Å². The fourth-order valence-corrected chi connectivity index (χ4v) is 1.77. The van der Waals surface area contributed by atoms with Crippen LogP contribution in [0, 0.1) is 5.92 Å². The molecular formula is C14H19N3O4. The van der Waals surface area contributed by atoms with Crippen LogP contribution in [0.3, 0.4) is 0 Å². The summed E-state index contributed by atoms with van der Waals surface area (Å²) in [6.07, 6.45) is 0. The number of amides is 2. The Morgan fingerprint density at radius 1 is 1.29 bits per heavy atom. The second-order valence-electron chi connectivity index (χ2n) is 5.10. The first-order valence-corrected chi connectivity index (χ1v) is 6.70. The molecule has 0 saturated heterocycles. The molecule has 0 unspecified atom stereocenters. The van der Waals surface area contributed by atoms with Gasteiger partial charge in [0.15, 0.2) is 11.5 Å². The van der Waals surface area contributed by atoms with E-state index in [1.807, 2.05) is 13.8 Å². The number of carbonyl (C=O) groups excluding carboxylic acids is 2. The van der Waals surface area contributed by atoms with E-state index in [1.54, 1.807) is 18.2 Å². The van der Waals surface area contributed by atoms with E-state index in [0.717, 1.165) is 0 Å². The predicted octanol–water partition coefficient (Wildman–Crippen LogP) is 0.453. The van der Waals surface area contributed by atoms with Crippen molar-refractivity contribution in [1.29, 1.82) is 0 Å². The van der Waals surface area contributed by atoms with Gasteiger partial charge in [-0.3, -0.25) is 9.59 Å². The molecule has 0 saturated carbocycles. The molecular weight excluding hydrogens is 274 g/mol. The molecule has 0 fully saturated rings. The van der Waals surface area contributed by atoms with Crippen molar-refractivity contribution in [2.24, 2.45) is 11.7 Å². The maximum atomic E-state index is 11.8. The number of carbonyl (C=O) groups is 2. The summed E-state index contributed by atoms with van der Waals surface area (Å²) in [4.78, 5) is 23.4. The molecule has 114 valence electrons. The molecule has 1 atom stereocenters. The van der Waals surface area contributed by atoms with Crippen LogP contribution in [0.15, 0.2) is 18.2 Å². The Kier molecular flexibility index (Phi) is 4.64. The van der Waals surface area contributed by atoms with Crippen LogP contribution in [-0.4, -0.2) is 31.2 Å². The molecule has 0 aliphatic carbocycles. The van der Waals surface area contributed by atoms with E-state index in [1.165, 1.54) is 0 Å². The van der Waals surface area contributed by atoms with Crippen molar-refractivity contribution in [1.82, 2.24) is 5.32 Å². The highest BCUT2D eigenvalue weighted by Crippen LogP contribution is 2.34. The second-order valence-corrected chi connectivity index (χ2v) is 5.10. The van der Waals surface area contributed by atoms with Crippen LogP contribution in [0.25, 0.3) is 0 Å². The van der Waals surface area contributed by atoms with Crippen molar-refractivity contribution >= 4 is 17.5 Å². The topological polar surface area (TPSA) is 103 Å². The normalized spacial score (nSPS) is 13.9. The lowest BCUT2D eigenvalue weighted by Gasteiger charge is -2.15. The van der Waals surface area contributed by atoms with Gasteiger partial charge in [-0.05, 0) is 18.1 Å². The third-order valence-corrected chi connectivity index (χ3v) is 3.10. The molecule has 0 aromatic heterocycles. The number of ether oxygens (including phenoxy) is 2. The van der Waals surface area contributed by atoms with Crippen molar-refractivity contribution < 1.29 is 19.1 Å². The smallest absolute Gasteiger partial charge is 0.243 e. The van der Waals surface area contributed by atoms with Crippen molar-refractivity contribution in [3.63, 3.8) is 0 Å². The summed E-state index contributed by atoms with van der Waals surface area (Å²) in [5, 5.41) is 5.17. The van der Waals surface area contributed by atoms with E-state index in [0.29, 0.717) is 17.2 Å². The summed E-state index contributed by atoms with van der Waals surface area (Å²) >= 11 is 0. The van der Waals surface area contributed by atoms with Gasteiger partial charge in [-0.25, -0.2) is 0 Å². The zero-order valence-electron chi connectivity index (χ0n) is 12.0. The Hall–Kier alpha value is -2.28. The van der Waals surface area contributed by atoms with Gasteiger partial charge in [-0.2, -0.15) is 0 Å². The number of anilines is 1. The SMILES string of the molecule is CC(C)[C@H](N)C(=O)NCC(=O)Nc1ccc2c(c1)OCO2. The Labute approximate surface area is 122 Å². The highest BCUT2D eigenvalue weighted by molar-refractivity contribution is 5.95. The molecule has 21 heavy (non-hydrogen) atoms. The van der Waals surface area contributed by atoms with E-state index in [4.69, 9.17) is 15.2 Å². The predicted molar refractivity (Wildman–Crippen MR) is 77.0 cm³/mol. The number of benzene rings is 1. The molecule has 1 heterocycles. The molecule has 0 radical (unpaired) electrons. The van der Waals surface area contributed by atoms with Gasteiger partial charge in [-0.15, -0.1) is 0 Å². The molecule has 2 rings (SSSR count). The minimum Gasteiger partial charge on any atom is -0.454 e. The van der Waals surface area contributed by atoms with Gasteiger partial charge in [0.1, 0.15) is 0 Å². The Morgan fingerprint density at radius 3 is 2.71 bits per heavy atom. The number of fused-ring (bicyclic) bond motifs is 1. The van der Waals surface area contributed by atoms with Crippen molar-refractivity contribution in [3.05, 3.63) is 18.2 Å². The average molecular weight is 293 g/mol. The monoisotopic (exact) mass is 293 g/mol. The number of rotatable bonds is 5. The highest BCUT2D eigenvalue weighted by Gasteiger charge is 2.18. The summed E-state index contributed by atoms with van der Waals surface area (Å²) in [5.41, 5.74) is 6.26. The third kappa shape index (κ3) is 3.85. The summed E-state index contributed by atoms with van der Waals surface area (Å²) in [6.45, 7) is 3.73. The Bertz CT molecular complexity index is 545. The molecule has 4 N–H and O–H groups in total. The molecule has 0 bridgehead atoms. The fraction of sp³-hybridized carbons (Fsp3) is 0.429. The summed E-state index contributed by atoms with van der Waals surface area (Å²) < 4.78 is 10.4. The van der Waals surface area contributed by atoms with E-state index in [-0.39, 0.29) is 31.1 Å². The van der Waals surface area contributed by atoms with Gasteiger partial charge in [0.25, 0.3) is 0 Å². The molecule has 1 aliphatic heterocycles. The van der Waals surface area contributed by atoms with Crippen LogP contribution in [0.4, 0.5) is 5.69 Å². The van der Waals surface area contributed by atoms with Crippen LogP contribution >= 0.6 is 0 Å². The minimum absolute atomic E-state index is 0.0157. The number of hydrogen-bond acceptors (Lipinski definition) is 5. The Balaban J connectivity index is 1.83. The van der Waals surface area contributed by atoms with E-state index in [9.17, 15) is 9.59 Å². The van der Waals surface area contributed by atoms with Crippen LogP contribution in [0.1, 0.15) is 13.8 Å². The van der Waals surface area contributed by atoms with Crippen LogP contribution in [-0.2, 0) is 9.59 Å². The standard InChI is InChI=1S/C14H19N3O4/c1-8(2)13(15)14(19)16-6-12(18)17-9-3-4-10-11(5-9)21-7-20-10/h3-5,8,13H,6-7,15H2,1-2H3,(H,16,19)(H,17,18)/t13-/m0/s1. The van der Waals surface area contributed by atoms with Gasteiger partial charge in [0.05, 0.1) is 12.6 Å². The first-order valence-electron chi connectivity index (χ1n) is 6.70. The third-order valence-electron chi connectivity index (χ3n) is 3.10.